The molecule has 1 unspecified atom stereocenters. The lowest BCUT2D eigenvalue weighted by molar-refractivity contribution is -0.137. The average molecular weight is 480 g/mol. The van der Waals surface area contributed by atoms with Crippen LogP contribution in [0.25, 0.3) is 11.1 Å². The maximum absolute atomic E-state index is 12.4. The highest BCUT2D eigenvalue weighted by atomic mass is 32.1. The van der Waals surface area contributed by atoms with Crippen LogP contribution in [0, 0.1) is 0 Å². The highest BCUT2D eigenvalue weighted by Gasteiger charge is 2.29. The van der Waals surface area contributed by atoms with Gasteiger partial charge in [0, 0.05) is 12.0 Å². The van der Waals surface area contributed by atoms with Crippen LogP contribution >= 0.6 is 11.3 Å². The van der Waals surface area contributed by atoms with E-state index in [0.29, 0.717) is 16.3 Å². The molecule has 1 aliphatic rings. The zero-order valence-electron chi connectivity index (χ0n) is 18.6. The molecule has 176 valence electrons. The molecule has 9 heteroatoms. The van der Waals surface area contributed by atoms with E-state index in [-0.39, 0.29) is 31.4 Å². The van der Waals surface area contributed by atoms with E-state index in [4.69, 9.17) is 9.84 Å². The molecule has 2 aromatic carbocycles. The molecule has 0 fully saturated rings. The second-order valence-corrected chi connectivity index (χ2v) is 9.09. The summed E-state index contributed by atoms with van der Waals surface area (Å²) in [7, 11) is 0. The maximum Gasteiger partial charge on any atom is 0.407 e. The van der Waals surface area contributed by atoms with Crippen molar-refractivity contribution in [1.29, 1.82) is 0 Å². The first-order valence-electron chi connectivity index (χ1n) is 11.0. The van der Waals surface area contributed by atoms with Crippen LogP contribution in [0.5, 0.6) is 0 Å². The number of carboxylic acid groups (broad SMARTS) is 1. The van der Waals surface area contributed by atoms with Crippen molar-refractivity contribution in [2.24, 2.45) is 0 Å². The van der Waals surface area contributed by atoms with Gasteiger partial charge >= 0.3 is 12.1 Å². The van der Waals surface area contributed by atoms with Gasteiger partial charge in [0.1, 0.15) is 16.5 Å². The molecule has 34 heavy (non-hydrogen) atoms. The number of alkyl carbamates (subject to hydrolysis) is 1. The molecule has 0 aliphatic heterocycles. The van der Waals surface area contributed by atoms with Gasteiger partial charge in [-0.15, -0.1) is 11.3 Å². The number of ether oxygens (including phenoxy) is 1. The average Bonchev–Trinajstić information content (AvgIpc) is 3.44. The van der Waals surface area contributed by atoms with Crippen molar-refractivity contribution in [3.8, 4) is 11.1 Å². The summed E-state index contributed by atoms with van der Waals surface area (Å²) in [6.45, 7) is 2.15. The minimum Gasteiger partial charge on any atom is -0.481 e. The van der Waals surface area contributed by atoms with Crippen molar-refractivity contribution in [2.45, 2.75) is 38.3 Å². The van der Waals surface area contributed by atoms with Crippen LogP contribution in [0.2, 0.25) is 0 Å². The Labute approximate surface area is 201 Å². The van der Waals surface area contributed by atoms with Crippen molar-refractivity contribution in [2.75, 3.05) is 6.61 Å². The second-order valence-electron chi connectivity index (χ2n) is 7.97. The number of nitrogens with one attached hydrogen (secondary N) is 2. The molecule has 1 aromatic heterocycles. The summed E-state index contributed by atoms with van der Waals surface area (Å²) in [5.74, 6) is -1.37. The van der Waals surface area contributed by atoms with Crippen molar-refractivity contribution in [3.63, 3.8) is 0 Å². The van der Waals surface area contributed by atoms with Crippen LogP contribution < -0.4 is 10.6 Å². The fourth-order valence-electron chi connectivity index (χ4n) is 4.06. The third-order valence-corrected chi connectivity index (χ3v) is 6.75. The molecule has 4 rings (SSSR count). The van der Waals surface area contributed by atoms with Gasteiger partial charge in [-0.05, 0) is 28.7 Å². The molecule has 0 saturated carbocycles. The van der Waals surface area contributed by atoms with Gasteiger partial charge in [0.05, 0.1) is 19.2 Å². The largest absolute Gasteiger partial charge is 0.481 e. The van der Waals surface area contributed by atoms with Crippen LogP contribution in [-0.4, -0.2) is 40.7 Å². The number of aliphatic carboxylic acids is 1. The first-order valence-corrected chi connectivity index (χ1v) is 11.8. The van der Waals surface area contributed by atoms with Crippen LogP contribution in [0.15, 0.2) is 54.7 Å². The van der Waals surface area contributed by atoms with E-state index in [1.807, 2.05) is 31.2 Å². The lowest BCUT2D eigenvalue weighted by Crippen LogP contribution is -2.35. The Hall–Kier alpha value is -3.72. The number of hydrogen-bond donors (Lipinski definition) is 3. The van der Waals surface area contributed by atoms with Gasteiger partial charge in [-0.1, -0.05) is 55.5 Å². The van der Waals surface area contributed by atoms with Crippen LogP contribution in [0.3, 0.4) is 0 Å². The molecule has 0 spiro atoms. The van der Waals surface area contributed by atoms with E-state index in [0.717, 1.165) is 33.6 Å². The third kappa shape index (κ3) is 5.26. The van der Waals surface area contributed by atoms with E-state index >= 15 is 0 Å². The van der Waals surface area contributed by atoms with Crippen LogP contribution in [0.4, 0.5) is 4.79 Å². The second kappa shape index (κ2) is 10.5. The van der Waals surface area contributed by atoms with Crippen LogP contribution in [0.1, 0.15) is 51.5 Å². The first-order chi connectivity index (χ1) is 16.5. The Morgan fingerprint density at radius 2 is 1.74 bits per heavy atom. The van der Waals surface area contributed by atoms with E-state index < -0.39 is 18.1 Å². The fourth-order valence-corrected chi connectivity index (χ4v) is 4.82. The van der Waals surface area contributed by atoms with E-state index in [1.54, 1.807) is 0 Å². The molecule has 1 heterocycles. The summed E-state index contributed by atoms with van der Waals surface area (Å²) in [6, 6.07) is 15.8. The summed E-state index contributed by atoms with van der Waals surface area (Å²) in [6.07, 6.45) is 1.22. The van der Waals surface area contributed by atoms with Crippen molar-refractivity contribution < 1.29 is 24.2 Å². The van der Waals surface area contributed by atoms with Gasteiger partial charge in [-0.25, -0.2) is 9.78 Å². The number of fused-ring (bicyclic) bond motifs is 3. The molecule has 0 saturated heterocycles. The zero-order chi connectivity index (χ0) is 24.1. The lowest BCUT2D eigenvalue weighted by atomic mass is 9.98. The molecule has 0 bridgehead atoms. The van der Waals surface area contributed by atoms with Gasteiger partial charge < -0.3 is 20.5 Å². The number of benzene rings is 2. The highest BCUT2D eigenvalue weighted by molar-refractivity contribution is 7.13. The minimum atomic E-state index is -0.968. The number of aromatic nitrogens is 1. The van der Waals surface area contributed by atoms with Gasteiger partial charge in [-0.3, -0.25) is 9.59 Å². The number of amides is 2. The Balaban J connectivity index is 1.30. The predicted molar refractivity (Wildman–Crippen MR) is 128 cm³/mol. The molecular weight excluding hydrogens is 454 g/mol. The number of thiazole rings is 1. The van der Waals surface area contributed by atoms with Crippen molar-refractivity contribution >= 4 is 29.3 Å². The maximum atomic E-state index is 12.4. The number of rotatable bonds is 9. The summed E-state index contributed by atoms with van der Waals surface area (Å²) in [5, 5.41) is 14.8. The van der Waals surface area contributed by atoms with Crippen molar-refractivity contribution in [3.05, 3.63) is 75.7 Å². The Kier molecular flexibility index (Phi) is 7.22. The van der Waals surface area contributed by atoms with E-state index in [9.17, 15) is 14.4 Å². The molecule has 2 amide bonds. The first kappa shape index (κ1) is 23.4. The third-order valence-electron chi connectivity index (χ3n) is 5.75. The number of nitrogens with zero attached hydrogens (tertiary/aromatic N) is 1. The molecule has 0 radical (unpaired) electrons. The number of hydrogen-bond acceptors (Lipinski definition) is 6. The number of carboxylic acids is 1. The van der Waals surface area contributed by atoms with Gasteiger partial charge in [-0.2, -0.15) is 0 Å². The monoisotopic (exact) mass is 479 g/mol. The van der Waals surface area contributed by atoms with Gasteiger partial charge in [0.15, 0.2) is 0 Å². The standard InChI is InChI=1S/C25H25N3O5S/c1-2-15(11-23(29)30)28-24(31)21-12-26-22(34-21)13-27-25(32)33-14-20-18-9-5-3-7-16(18)17-8-4-6-10-19(17)20/h3-10,12,15,20H,2,11,13-14H2,1H3,(H,27,32)(H,28,31)(H,29,30). The van der Waals surface area contributed by atoms with Gasteiger partial charge in [0.2, 0.25) is 0 Å². The molecular formula is C25H25N3O5S. The highest BCUT2D eigenvalue weighted by Crippen LogP contribution is 2.44. The topological polar surface area (TPSA) is 118 Å². The predicted octanol–water partition coefficient (Wildman–Crippen LogP) is 4.16. The molecule has 3 aromatic rings. The molecule has 8 nitrogen and oxygen atoms in total. The summed E-state index contributed by atoms with van der Waals surface area (Å²) in [5.41, 5.74) is 4.60. The van der Waals surface area contributed by atoms with E-state index in [2.05, 4.69) is 39.9 Å². The van der Waals surface area contributed by atoms with Crippen molar-refractivity contribution in [1.82, 2.24) is 15.6 Å². The van der Waals surface area contributed by atoms with E-state index in [1.165, 1.54) is 6.20 Å². The summed E-state index contributed by atoms with van der Waals surface area (Å²) < 4.78 is 5.51. The summed E-state index contributed by atoms with van der Waals surface area (Å²) >= 11 is 1.14. The normalized spacial score (nSPS) is 13.0. The minimum absolute atomic E-state index is 0.0226. The van der Waals surface area contributed by atoms with Crippen LogP contribution in [-0.2, 0) is 16.1 Å². The lowest BCUT2D eigenvalue weighted by Gasteiger charge is -2.14. The summed E-state index contributed by atoms with van der Waals surface area (Å²) in [4.78, 5) is 40.1. The zero-order valence-corrected chi connectivity index (χ0v) is 19.4. The smallest absolute Gasteiger partial charge is 0.407 e. The Morgan fingerprint density at radius 3 is 2.35 bits per heavy atom. The SMILES string of the molecule is CCC(CC(=O)O)NC(=O)c1cnc(CNC(=O)OCC2c3ccccc3-c3ccccc32)s1. The molecule has 1 aliphatic carbocycles. The fraction of sp³-hybridized carbons (Fsp3) is 0.280. The van der Waals surface area contributed by atoms with Gasteiger partial charge in [0.25, 0.3) is 5.91 Å². The number of carbonyl (C=O) groups excluding carboxylic acids is 2. The Morgan fingerprint density at radius 1 is 1.09 bits per heavy atom. The molecule has 1 atom stereocenters. The molecule has 3 N–H and O–H groups in total. The quantitative estimate of drug-likeness (QED) is 0.424. The Bertz CT molecular complexity index is 1160. The number of carbonyl (C=O) groups is 3.